The maximum Gasteiger partial charge on any atom is 0.118 e. The van der Waals surface area contributed by atoms with Gasteiger partial charge in [0.25, 0.3) is 0 Å². The van der Waals surface area contributed by atoms with Gasteiger partial charge in [-0.15, -0.1) is 0 Å². The lowest BCUT2D eigenvalue weighted by molar-refractivity contribution is 0.465. The first-order valence-corrected chi connectivity index (χ1v) is 13.3. The normalized spacial score (nSPS) is 11.2. The number of unbranched alkanes of at least 4 members (excludes halogenated alkanes) is 10. The Bertz CT molecular complexity index is 693. The van der Waals surface area contributed by atoms with E-state index in [0.717, 1.165) is 46.6 Å². The van der Waals surface area contributed by atoms with Gasteiger partial charge in [0, 0.05) is 9.79 Å². The number of hydrogen-bond acceptors (Lipinski definition) is 3. The number of phenols is 2. The van der Waals surface area contributed by atoms with Crippen LogP contribution in [0.25, 0.3) is 0 Å². The smallest absolute Gasteiger partial charge is 0.118 e. The van der Waals surface area contributed by atoms with Crippen LogP contribution in [0.2, 0.25) is 0 Å². The van der Waals surface area contributed by atoms with Gasteiger partial charge in [0.1, 0.15) is 11.5 Å². The van der Waals surface area contributed by atoms with Crippen molar-refractivity contribution in [3.8, 4) is 11.5 Å². The van der Waals surface area contributed by atoms with E-state index in [-0.39, 0.29) is 0 Å². The Morgan fingerprint density at radius 1 is 0.548 bits per heavy atom. The predicted octanol–water partition coefficient (Wildman–Crippen LogP) is 9.05. The van der Waals surface area contributed by atoms with E-state index in [9.17, 15) is 10.2 Å². The van der Waals surface area contributed by atoms with Gasteiger partial charge in [-0.3, -0.25) is 0 Å². The second-order valence-corrected chi connectivity index (χ2v) is 9.87. The highest BCUT2D eigenvalue weighted by Crippen LogP contribution is 2.34. The SMILES string of the molecule is CCCCCCCCc1cc(Sc2ccc(O)c(CCCCCCCC)c2)ccc1O. The summed E-state index contributed by atoms with van der Waals surface area (Å²) in [5.74, 6) is 0.819. The molecule has 2 rings (SSSR count). The maximum absolute atomic E-state index is 10.3. The van der Waals surface area contributed by atoms with E-state index in [0.29, 0.717) is 11.5 Å². The minimum atomic E-state index is 0.410. The second-order valence-electron chi connectivity index (χ2n) is 8.72. The number of aryl methyl sites for hydroxylation is 2. The number of aromatic hydroxyl groups is 2. The standard InChI is InChI=1S/C28H42O2S/c1-3-5-7-9-11-13-15-23-21-25(17-19-27(23)29)31-26-18-20-28(30)24(22-26)16-14-12-10-8-6-4-2/h17-22,29-30H,3-16H2,1-2H3. The van der Waals surface area contributed by atoms with Crippen molar-refractivity contribution in [3.63, 3.8) is 0 Å². The van der Waals surface area contributed by atoms with Crippen molar-refractivity contribution in [2.45, 2.75) is 114 Å². The third-order valence-electron chi connectivity index (χ3n) is 5.94. The quantitative estimate of drug-likeness (QED) is 0.255. The predicted molar refractivity (Wildman–Crippen MR) is 134 cm³/mol. The molecule has 0 aromatic heterocycles. The molecular weight excluding hydrogens is 400 g/mol. The summed E-state index contributed by atoms with van der Waals surface area (Å²) in [6, 6.07) is 11.9. The summed E-state index contributed by atoms with van der Waals surface area (Å²) >= 11 is 1.71. The zero-order chi connectivity index (χ0) is 22.3. The molecule has 0 saturated carbocycles. The summed E-state index contributed by atoms with van der Waals surface area (Å²) in [7, 11) is 0. The third kappa shape index (κ3) is 10.0. The van der Waals surface area contributed by atoms with Gasteiger partial charge in [-0.2, -0.15) is 0 Å². The first kappa shape index (κ1) is 25.6. The molecule has 0 unspecified atom stereocenters. The van der Waals surface area contributed by atoms with Gasteiger partial charge in [-0.05, 0) is 73.2 Å². The Morgan fingerprint density at radius 2 is 0.935 bits per heavy atom. The van der Waals surface area contributed by atoms with Gasteiger partial charge in [-0.1, -0.05) is 89.8 Å². The van der Waals surface area contributed by atoms with E-state index >= 15 is 0 Å². The Labute approximate surface area is 194 Å². The van der Waals surface area contributed by atoms with E-state index in [4.69, 9.17) is 0 Å². The van der Waals surface area contributed by atoms with Crippen molar-refractivity contribution < 1.29 is 10.2 Å². The molecule has 0 amide bonds. The first-order valence-electron chi connectivity index (χ1n) is 12.5. The van der Waals surface area contributed by atoms with Gasteiger partial charge in [0.05, 0.1) is 0 Å². The summed E-state index contributed by atoms with van der Waals surface area (Å²) in [6.07, 6.45) is 17.0. The molecule has 2 N–H and O–H groups in total. The van der Waals surface area contributed by atoms with Crippen LogP contribution >= 0.6 is 11.8 Å². The second kappa shape index (κ2) is 15.2. The molecule has 0 fully saturated rings. The first-order chi connectivity index (χ1) is 15.1. The van der Waals surface area contributed by atoms with E-state index in [1.54, 1.807) is 11.8 Å². The van der Waals surface area contributed by atoms with Gasteiger partial charge in [0.2, 0.25) is 0 Å². The molecule has 172 valence electrons. The van der Waals surface area contributed by atoms with Crippen LogP contribution in [-0.4, -0.2) is 10.2 Å². The van der Waals surface area contributed by atoms with Crippen LogP contribution in [0.15, 0.2) is 46.2 Å². The number of phenolic OH excluding ortho intramolecular Hbond substituents is 2. The highest BCUT2D eigenvalue weighted by molar-refractivity contribution is 7.99. The Hall–Kier alpha value is -1.61. The lowest BCUT2D eigenvalue weighted by Crippen LogP contribution is -1.90. The number of benzene rings is 2. The monoisotopic (exact) mass is 442 g/mol. The summed E-state index contributed by atoms with van der Waals surface area (Å²) in [6.45, 7) is 4.49. The van der Waals surface area contributed by atoms with Crippen molar-refractivity contribution >= 4 is 11.8 Å². The lowest BCUT2D eigenvalue weighted by Gasteiger charge is -2.10. The molecule has 31 heavy (non-hydrogen) atoms. The molecule has 2 nitrogen and oxygen atoms in total. The van der Waals surface area contributed by atoms with Crippen LogP contribution < -0.4 is 0 Å². The summed E-state index contributed by atoms with van der Waals surface area (Å²) in [4.78, 5) is 2.30. The van der Waals surface area contributed by atoms with Crippen LogP contribution in [0.3, 0.4) is 0 Å². The largest absolute Gasteiger partial charge is 0.508 e. The van der Waals surface area contributed by atoms with Crippen LogP contribution in [0, 0.1) is 0 Å². The van der Waals surface area contributed by atoms with Gasteiger partial charge >= 0.3 is 0 Å². The van der Waals surface area contributed by atoms with E-state index in [1.807, 2.05) is 24.3 Å². The average molecular weight is 443 g/mol. The van der Waals surface area contributed by atoms with Crippen molar-refractivity contribution in [2.24, 2.45) is 0 Å². The third-order valence-corrected chi connectivity index (χ3v) is 6.92. The van der Waals surface area contributed by atoms with Crippen molar-refractivity contribution in [3.05, 3.63) is 47.5 Å². The van der Waals surface area contributed by atoms with Crippen LogP contribution in [0.4, 0.5) is 0 Å². The number of rotatable bonds is 16. The Balaban J connectivity index is 1.88. The molecular formula is C28H42O2S. The van der Waals surface area contributed by atoms with Gasteiger partial charge in [-0.25, -0.2) is 0 Å². The zero-order valence-corrected chi connectivity index (χ0v) is 20.5. The fourth-order valence-electron chi connectivity index (χ4n) is 3.98. The molecule has 2 aromatic rings. The average Bonchev–Trinajstić information content (AvgIpc) is 2.77. The van der Waals surface area contributed by atoms with Crippen LogP contribution in [-0.2, 0) is 12.8 Å². The Kier molecular flexibility index (Phi) is 12.6. The fraction of sp³-hybridized carbons (Fsp3) is 0.571. The van der Waals surface area contributed by atoms with Crippen LogP contribution in [0.5, 0.6) is 11.5 Å². The summed E-state index contributed by atoms with van der Waals surface area (Å²) in [5, 5.41) is 20.5. The molecule has 0 radical (unpaired) electrons. The minimum absolute atomic E-state index is 0.410. The zero-order valence-electron chi connectivity index (χ0n) is 19.7. The van der Waals surface area contributed by atoms with Crippen molar-refractivity contribution in [1.82, 2.24) is 0 Å². The molecule has 0 atom stereocenters. The molecule has 3 heteroatoms. The molecule has 0 saturated heterocycles. The topological polar surface area (TPSA) is 40.5 Å². The van der Waals surface area contributed by atoms with E-state index < -0.39 is 0 Å². The highest BCUT2D eigenvalue weighted by atomic mass is 32.2. The lowest BCUT2D eigenvalue weighted by atomic mass is 10.0. The molecule has 0 heterocycles. The van der Waals surface area contributed by atoms with Gasteiger partial charge < -0.3 is 10.2 Å². The molecule has 0 aliphatic heterocycles. The van der Waals surface area contributed by atoms with E-state index in [2.05, 4.69) is 26.0 Å². The fourth-order valence-corrected chi connectivity index (χ4v) is 4.93. The minimum Gasteiger partial charge on any atom is -0.508 e. The van der Waals surface area contributed by atoms with Gasteiger partial charge in [0.15, 0.2) is 0 Å². The highest BCUT2D eigenvalue weighted by Gasteiger charge is 2.08. The summed E-state index contributed by atoms with van der Waals surface area (Å²) < 4.78 is 0. The Morgan fingerprint density at radius 3 is 1.35 bits per heavy atom. The summed E-state index contributed by atoms with van der Waals surface area (Å²) in [5.41, 5.74) is 2.10. The number of hydrogen-bond donors (Lipinski definition) is 2. The van der Waals surface area contributed by atoms with Crippen molar-refractivity contribution in [1.29, 1.82) is 0 Å². The molecule has 0 aliphatic carbocycles. The molecule has 0 spiro atoms. The molecule has 0 aliphatic rings. The van der Waals surface area contributed by atoms with Crippen molar-refractivity contribution in [2.75, 3.05) is 0 Å². The van der Waals surface area contributed by atoms with Crippen LogP contribution in [0.1, 0.15) is 102 Å². The molecule has 0 bridgehead atoms. The van der Waals surface area contributed by atoms with E-state index in [1.165, 1.54) is 64.2 Å². The maximum atomic E-state index is 10.3. The molecule has 2 aromatic carbocycles.